The van der Waals surface area contributed by atoms with Gasteiger partial charge in [0.1, 0.15) is 0 Å². The van der Waals surface area contributed by atoms with Crippen LogP contribution in [0.2, 0.25) is 0 Å². The van der Waals surface area contributed by atoms with Crippen molar-refractivity contribution in [1.29, 1.82) is 0 Å². The predicted octanol–water partition coefficient (Wildman–Crippen LogP) is 15.4. The van der Waals surface area contributed by atoms with Gasteiger partial charge < -0.3 is 5.11 Å². The fourth-order valence-electron chi connectivity index (χ4n) is 8.77. The molecule has 4 nitrogen and oxygen atoms in total. The summed E-state index contributed by atoms with van der Waals surface area (Å²) in [6.45, 7) is 1.53. The summed E-state index contributed by atoms with van der Waals surface area (Å²) in [6, 6.07) is 70.8. The molecule has 0 aliphatic heterocycles. The van der Waals surface area contributed by atoms with Gasteiger partial charge in [-0.25, -0.2) is 0 Å². The Bertz CT molecular complexity index is 3180. The van der Waals surface area contributed by atoms with Crippen LogP contribution in [0.1, 0.15) is 18.9 Å². The van der Waals surface area contributed by atoms with Gasteiger partial charge in [0.2, 0.25) is 0 Å². The van der Waals surface area contributed by atoms with E-state index >= 15 is 0 Å². The molecule has 1 N–H and O–H groups in total. The molecule has 10 rings (SSSR count). The highest BCUT2D eigenvalue weighted by molar-refractivity contribution is 5.94. The van der Waals surface area contributed by atoms with Gasteiger partial charge in [0.15, 0.2) is 5.78 Å². The van der Waals surface area contributed by atoms with E-state index in [1.165, 1.54) is 23.8 Å². The van der Waals surface area contributed by atoms with Crippen molar-refractivity contribution in [1.82, 2.24) is 9.97 Å². The van der Waals surface area contributed by atoms with Gasteiger partial charge in [-0.3, -0.25) is 14.8 Å². The van der Waals surface area contributed by atoms with Crippen LogP contribution >= 0.6 is 0 Å². The van der Waals surface area contributed by atoms with Gasteiger partial charge in [0.05, 0.1) is 17.1 Å². The summed E-state index contributed by atoms with van der Waals surface area (Å²) >= 11 is 0. The maximum atomic E-state index is 12.8. The number of pyridine rings is 2. The zero-order valence-corrected chi connectivity index (χ0v) is 35.4. The molecule has 0 fully saturated rings. The van der Waals surface area contributed by atoms with E-state index < -0.39 is 0 Å². The summed E-state index contributed by atoms with van der Waals surface area (Å²) in [4.78, 5) is 22.3. The first-order valence-corrected chi connectivity index (χ1v) is 21.7. The second-order valence-electron chi connectivity index (χ2n) is 16.3. The van der Waals surface area contributed by atoms with Gasteiger partial charge >= 0.3 is 0 Å². The summed E-state index contributed by atoms with van der Waals surface area (Å²) in [6.07, 6.45) is 6.03. The van der Waals surface area contributed by atoms with Crippen molar-refractivity contribution in [2.45, 2.75) is 19.8 Å². The number of carbonyl (C=O) groups excluding carboxylic acids is 1. The number of rotatable bonds is 11. The maximum Gasteiger partial charge on any atom is 0.159 e. The van der Waals surface area contributed by atoms with Gasteiger partial charge in [-0.2, -0.15) is 0 Å². The van der Waals surface area contributed by atoms with E-state index in [0.717, 1.165) is 94.5 Å². The van der Waals surface area contributed by atoms with Gasteiger partial charge in [-0.1, -0.05) is 170 Å². The first-order chi connectivity index (χ1) is 31.4. The number of fused-ring (bicyclic) bond motifs is 2. The third kappa shape index (κ3) is 8.37. The Labute approximate surface area is 373 Å². The number of aryl methyl sites for hydroxylation is 1. The van der Waals surface area contributed by atoms with Crippen LogP contribution in [0.4, 0.5) is 0 Å². The fraction of sp³-hybridized carbons (Fsp3) is 0.0500. The second-order valence-corrected chi connectivity index (χ2v) is 16.3. The molecule has 0 saturated heterocycles. The molecule has 0 spiro atoms. The lowest BCUT2D eigenvalue weighted by Gasteiger charge is -2.18. The number of ketones is 1. The number of carbonyl (C=O) groups is 1. The van der Waals surface area contributed by atoms with Crippen LogP contribution in [0.25, 0.3) is 99.7 Å². The van der Waals surface area contributed by atoms with Crippen molar-refractivity contribution < 1.29 is 9.90 Å². The van der Waals surface area contributed by atoms with Crippen molar-refractivity contribution in [3.05, 3.63) is 230 Å². The van der Waals surface area contributed by atoms with Crippen LogP contribution in [-0.2, 0) is 11.2 Å². The molecule has 0 unspecified atom stereocenters. The highest BCUT2D eigenvalue weighted by Gasteiger charge is 2.17. The molecule has 0 aliphatic rings. The fourth-order valence-corrected chi connectivity index (χ4v) is 8.77. The van der Waals surface area contributed by atoms with E-state index in [1.54, 1.807) is 0 Å². The van der Waals surface area contributed by atoms with Gasteiger partial charge in [0, 0.05) is 46.8 Å². The summed E-state index contributed by atoms with van der Waals surface area (Å²) in [5.74, 6) is -0.0788. The van der Waals surface area contributed by atoms with E-state index in [9.17, 15) is 9.90 Å². The average molecular weight is 825 g/mol. The van der Waals surface area contributed by atoms with Crippen LogP contribution in [0.5, 0.6) is 0 Å². The lowest BCUT2D eigenvalue weighted by molar-refractivity contribution is -0.114. The number of hydrogen-bond donors (Lipinski definition) is 1. The number of aliphatic hydroxyl groups is 1. The highest BCUT2D eigenvalue weighted by atomic mass is 16.3. The van der Waals surface area contributed by atoms with Gasteiger partial charge in [-0.15, -0.1) is 0 Å². The number of hydrogen-bond acceptors (Lipinski definition) is 4. The zero-order valence-electron chi connectivity index (χ0n) is 35.4. The minimum absolute atomic E-state index is 0.0212. The molecule has 0 bridgehead atoms. The van der Waals surface area contributed by atoms with Crippen LogP contribution < -0.4 is 0 Å². The van der Waals surface area contributed by atoms with Gasteiger partial charge in [0.25, 0.3) is 0 Å². The van der Waals surface area contributed by atoms with Gasteiger partial charge in [-0.05, 0) is 116 Å². The minimum atomic E-state index is -0.100. The van der Waals surface area contributed by atoms with Crippen molar-refractivity contribution in [3.8, 4) is 78.1 Å². The lowest BCUT2D eigenvalue weighted by atomic mass is 9.86. The number of aromatic nitrogens is 2. The molecule has 10 aromatic rings. The largest absolute Gasteiger partial charge is 0.512 e. The number of aliphatic hydroxyl groups excluding tert-OH is 1. The summed E-state index contributed by atoms with van der Waals surface area (Å²) in [5, 5.41) is 14.4. The second kappa shape index (κ2) is 17.6. The molecule has 4 heteroatoms. The molecule has 0 atom stereocenters. The normalized spacial score (nSPS) is 11.5. The molecule has 0 amide bonds. The molecule has 0 aliphatic carbocycles. The standard InChI is InChI=1S/C60H44N2O2/c1-40(63)32-53(64)31-30-41-12-6-7-17-54(41)50-33-51(57-20-10-8-18-55(57)42-22-26-44(27-23-42)59-36-46-13-2-4-15-48(46)38-61-59)35-52(34-50)58-21-11-9-19-56(58)43-24-28-45(29-25-43)60-37-47-14-3-5-16-49(47)39-62-60/h2-29,32-39,63H,30-31H2,1H3. The Morgan fingerprint density at radius 2 is 0.781 bits per heavy atom. The van der Waals surface area contributed by atoms with Crippen LogP contribution in [0, 0.1) is 0 Å². The molecule has 8 aromatic carbocycles. The van der Waals surface area contributed by atoms with E-state index in [-0.39, 0.29) is 11.5 Å². The average Bonchev–Trinajstić information content (AvgIpc) is 3.35. The summed E-state index contributed by atoms with van der Waals surface area (Å²) in [5.41, 5.74) is 16.1. The van der Waals surface area contributed by atoms with Crippen molar-refractivity contribution in [3.63, 3.8) is 0 Å². The molecular formula is C60H44N2O2. The van der Waals surface area contributed by atoms with Crippen molar-refractivity contribution >= 4 is 27.3 Å². The third-order valence-corrected chi connectivity index (χ3v) is 12.0. The summed E-state index contributed by atoms with van der Waals surface area (Å²) in [7, 11) is 0. The van der Waals surface area contributed by atoms with E-state index in [0.29, 0.717) is 12.8 Å². The minimum Gasteiger partial charge on any atom is -0.512 e. The molecule has 2 heterocycles. The van der Waals surface area contributed by atoms with E-state index in [4.69, 9.17) is 9.97 Å². The monoisotopic (exact) mass is 824 g/mol. The topological polar surface area (TPSA) is 63.1 Å². The lowest BCUT2D eigenvalue weighted by Crippen LogP contribution is -1.99. The molecule has 0 radical (unpaired) electrons. The van der Waals surface area contributed by atoms with Crippen LogP contribution in [0.15, 0.2) is 224 Å². The molecule has 0 saturated carbocycles. The Morgan fingerprint density at radius 1 is 0.422 bits per heavy atom. The van der Waals surface area contributed by atoms with Crippen LogP contribution in [-0.4, -0.2) is 20.9 Å². The SMILES string of the molecule is CC(O)=CC(=O)CCc1ccccc1-c1cc(-c2ccccc2-c2ccc(-c3cc4ccccc4cn3)cc2)cc(-c2ccccc2-c2ccc(-c3cc4ccccc4cn3)cc2)c1. The smallest absolute Gasteiger partial charge is 0.159 e. The number of nitrogens with zero attached hydrogens (tertiary/aromatic N) is 2. The van der Waals surface area contributed by atoms with Crippen molar-refractivity contribution in [2.75, 3.05) is 0 Å². The van der Waals surface area contributed by atoms with E-state index in [2.05, 4.69) is 182 Å². The third-order valence-electron chi connectivity index (χ3n) is 12.0. The molecular weight excluding hydrogens is 781 g/mol. The molecule has 64 heavy (non-hydrogen) atoms. The summed E-state index contributed by atoms with van der Waals surface area (Å²) < 4.78 is 0. The van der Waals surface area contributed by atoms with Crippen molar-refractivity contribution in [2.24, 2.45) is 0 Å². The quantitative estimate of drug-likeness (QED) is 0.104. The number of benzene rings is 8. The Kier molecular flexibility index (Phi) is 11.0. The predicted molar refractivity (Wildman–Crippen MR) is 265 cm³/mol. The van der Waals surface area contributed by atoms with Crippen LogP contribution in [0.3, 0.4) is 0 Å². The first-order valence-electron chi connectivity index (χ1n) is 21.7. The highest BCUT2D eigenvalue weighted by Crippen LogP contribution is 2.41. The van der Waals surface area contributed by atoms with E-state index in [1.807, 2.05) is 30.6 Å². The molecule has 2 aromatic heterocycles. The Hall–Kier alpha value is -8.21. The maximum absolute atomic E-state index is 12.8. The first kappa shape index (κ1) is 39.9. The zero-order chi connectivity index (χ0) is 43.4. The molecule has 306 valence electrons. The Morgan fingerprint density at radius 3 is 1.23 bits per heavy atom. The Balaban J connectivity index is 1.07. The number of allylic oxidation sites excluding steroid dienone is 2.